The molecule has 0 radical (unpaired) electrons. The molecule has 0 fully saturated rings. The minimum atomic E-state index is 1.08. The van der Waals surface area contributed by atoms with Gasteiger partial charge < -0.3 is 0 Å². The second-order valence-electron chi connectivity index (χ2n) is 6.52. The van der Waals surface area contributed by atoms with Gasteiger partial charge in [0.05, 0.1) is 5.69 Å². The van der Waals surface area contributed by atoms with Gasteiger partial charge in [-0.25, -0.2) is 0 Å². The Morgan fingerprint density at radius 3 is 1.96 bits per heavy atom. The first-order chi connectivity index (χ1) is 11.3. The molecule has 0 N–H and O–H groups in total. The van der Waals surface area contributed by atoms with E-state index in [1.54, 1.807) is 0 Å². The molecule has 124 valence electrons. The summed E-state index contributed by atoms with van der Waals surface area (Å²) in [5.41, 5.74) is 5.10. The van der Waals surface area contributed by atoms with Gasteiger partial charge in [-0.2, -0.15) is 0 Å². The van der Waals surface area contributed by atoms with Gasteiger partial charge >= 0.3 is 0 Å². The van der Waals surface area contributed by atoms with E-state index in [0.717, 1.165) is 12.1 Å². The molecule has 23 heavy (non-hydrogen) atoms. The van der Waals surface area contributed by atoms with Crippen molar-refractivity contribution in [1.29, 1.82) is 0 Å². The SMILES string of the molecule is CCCCCCCc1ccc(-c2ccc(CCCC)cc2)nc1. The fourth-order valence-corrected chi connectivity index (χ4v) is 2.90. The first-order valence-electron chi connectivity index (χ1n) is 9.37. The lowest BCUT2D eigenvalue weighted by Gasteiger charge is -2.05. The molecule has 0 aliphatic heterocycles. The minimum Gasteiger partial charge on any atom is -0.256 e. The summed E-state index contributed by atoms with van der Waals surface area (Å²) in [5.74, 6) is 0. The normalized spacial score (nSPS) is 10.9. The van der Waals surface area contributed by atoms with Gasteiger partial charge in [0.1, 0.15) is 0 Å². The predicted molar refractivity (Wildman–Crippen MR) is 101 cm³/mol. The lowest BCUT2D eigenvalue weighted by molar-refractivity contribution is 0.632. The van der Waals surface area contributed by atoms with Gasteiger partial charge in [0.15, 0.2) is 0 Å². The molecule has 0 saturated heterocycles. The minimum absolute atomic E-state index is 1.08. The lowest BCUT2D eigenvalue weighted by atomic mass is 10.0. The molecule has 1 aromatic heterocycles. The second-order valence-corrected chi connectivity index (χ2v) is 6.52. The lowest BCUT2D eigenvalue weighted by Crippen LogP contribution is -1.90. The number of hydrogen-bond acceptors (Lipinski definition) is 1. The molecule has 0 spiro atoms. The van der Waals surface area contributed by atoms with E-state index in [-0.39, 0.29) is 0 Å². The van der Waals surface area contributed by atoms with Gasteiger partial charge in [-0.3, -0.25) is 4.98 Å². The molecule has 1 nitrogen and oxygen atoms in total. The topological polar surface area (TPSA) is 12.9 Å². The first-order valence-corrected chi connectivity index (χ1v) is 9.37. The largest absolute Gasteiger partial charge is 0.256 e. The van der Waals surface area contributed by atoms with Gasteiger partial charge in [0, 0.05) is 11.8 Å². The molecule has 1 aromatic carbocycles. The number of nitrogens with zero attached hydrogens (tertiary/aromatic N) is 1. The molecule has 0 saturated carbocycles. The van der Waals surface area contributed by atoms with Crippen molar-refractivity contribution in [2.75, 3.05) is 0 Å². The van der Waals surface area contributed by atoms with E-state index >= 15 is 0 Å². The standard InChI is InChI=1S/C22H31N/c1-3-5-7-8-9-11-20-14-17-22(23-18-20)21-15-12-19(13-16-21)10-6-4-2/h12-18H,3-11H2,1-2H3. The Kier molecular flexibility index (Phi) is 7.86. The molecular weight excluding hydrogens is 278 g/mol. The monoisotopic (exact) mass is 309 g/mol. The summed E-state index contributed by atoms with van der Waals surface area (Å²) in [7, 11) is 0. The van der Waals surface area contributed by atoms with Crippen LogP contribution in [0, 0.1) is 0 Å². The van der Waals surface area contributed by atoms with E-state index in [1.165, 1.54) is 68.1 Å². The van der Waals surface area contributed by atoms with Crippen LogP contribution in [0.5, 0.6) is 0 Å². The smallest absolute Gasteiger partial charge is 0.0702 e. The van der Waals surface area contributed by atoms with Crippen molar-refractivity contribution >= 4 is 0 Å². The van der Waals surface area contributed by atoms with Gasteiger partial charge in [0.25, 0.3) is 0 Å². The van der Waals surface area contributed by atoms with Crippen molar-refractivity contribution in [3.8, 4) is 11.3 Å². The Labute approximate surface area is 142 Å². The number of rotatable bonds is 10. The van der Waals surface area contributed by atoms with Crippen molar-refractivity contribution in [3.05, 3.63) is 53.7 Å². The first kappa shape index (κ1) is 17.7. The molecule has 0 aliphatic rings. The average molecular weight is 309 g/mol. The number of hydrogen-bond donors (Lipinski definition) is 0. The molecule has 2 rings (SSSR count). The third kappa shape index (κ3) is 6.17. The molecule has 0 bridgehead atoms. The summed E-state index contributed by atoms with van der Waals surface area (Å²) in [6.45, 7) is 4.50. The van der Waals surface area contributed by atoms with Crippen LogP contribution in [-0.2, 0) is 12.8 Å². The van der Waals surface area contributed by atoms with Crippen LogP contribution in [-0.4, -0.2) is 4.98 Å². The molecule has 0 atom stereocenters. The summed E-state index contributed by atoms with van der Waals surface area (Å²) in [5, 5.41) is 0. The number of aromatic nitrogens is 1. The predicted octanol–water partition coefficient (Wildman–Crippen LogP) is 6.60. The third-order valence-corrected chi connectivity index (χ3v) is 4.46. The molecule has 1 heteroatoms. The van der Waals surface area contributed by atoms with E-state index in [1.807, 2.05) is 0 Å². The number of pyridine rings is 1. The maximum absolute atomic E-state index is 4.66. The third-order valence-electron chi connectivity index (χ3n) is 4.46. The highest BCUT2D eigenvalue weighted by Gasteiger charge is 2.01. The van der Waals surface area contributed by atoms with Crippen LogP contribution in [0.25, 0.3) is 11.3 Å². The van der Waals surface area contributed by atoms with Crippen LogP contribution in [0.2, 0.25) is 0 Å². The highest BCUT2D eigenvalue weighted by Crippen LogP contribution is 2.19. The van der Waals surface area contributed by atoms with Crippen LogP contribution in [0.4, 0.5) is 0 Å². The summed E-state index contributed by atoms with van der Waals surface area (Å²) in [6.07, 6.45) is 13.6. The second kappa shape index (κ2) is 10.2. The Morgan fingerprint density at radius 2 is 1.30 bits per heavy atom. The Balaban J connectivity index is 1.86. The van der Waals surface area contributed by atoms with Crippen molar-refractivity contribution in [3.63, 3.8) is 0 Å². The van der Waals surface area contributed by atoms with Crippen LogP contribution < -0.4 is 0 Å². The van der Waals surface area contributed by atoms with Crippen LogP contribution in [0.3, 0.4) is 0 Å². The molecule has 2 aromatic rings. The fraction of sp³-hybridized carbons (Fsp3) is 0.500. The Morgan fingerprint density at radius 1 is 0.652 bits per heavy atom. The molecule has 0 aliphatic carbocycles. The summed E-state index contributed by atoms with van der Waals surface area (Å²) in [4.78, 5) is 4.66. The van der Waals surface area contributed by atoms with Crippen LogP contribution in [0.15, 0.2) is 42.6 Å². The quantitative estimate of drug-likeness (QED) is 0.450. The van der Waals surface area contributed by atoms with Crippen molar-refractivity contribution in [2.45, 2.75) is 71.6 Å². The zero-order chi connectivity index (χ0) is 16.3. The fourth-order valence-electron chi connectivity index (χ4n) is 2.90. The van der Waals surface area contributed by atoms with Gasteiger partial charge in [-0.15, -0.1) is 0 Å². The number of aryl methyl sites for hydroxylation is 2. The Hall–Kier alpha value is -1.63. The zero-order valence-electron chi connectivity index (χ0n) is 14.9. The van der Waals surface area contributed by atoms with Crippen molar-refractivity contribution in [1.82, 2.24) is 4.98 Å². The van der Waals surface area contributed by atoms with E-state index in [2.05, 4.69) is 61.4 Å². The van der Waals surface area contributed by atoms with E-state index in [0.29, 0.717) is 0 Å². The zero-order valence-corrected chi connectivity index (χ0v) is 14.9. The summed E-state index contributed by atoms with van der Waals surface area (Å²) >= 11 is 0. The number of benzene rings is 1. The maximum Gasteiger partial charge on any atom is 0.0702 e. The van der Waals surface area contributed by atoms with E-state index in [9.17, 15) is 0 Å². The average Bonchev–Trinajstić information content (AvgIpc) is 2.61. The summed E-state index contributed by atoms with van der Waals surface area (Å²) in [6, 6.07) is 13.3. The summed E-state index contributed by atoms with van der Waals surface area (Å²) < 4.78 is 0. The number of unbranched alkanes of at least 4 members (excludes halogenated alkanes) is 5. The van der Waals surface area contributed by atoms with E-state index < -0.39 is 0 Å². The molecular formula is C22H31N. The molecule has 0 unspecified atom stereocenters. The molecule has 0 amide bonds. The van der Waals surface area contributed by atoms with Crippen molar-refractivity contribution in [2.24, 2.45) is 0 Å². The van der Waals surface area contributed by atoms with Gasteiger partial charge in [0.2, 0.25) is 0 Å². The molecule has 1 heterocycles. The van der Waals surface area contributed by atoms with Crippen LogP contribution in [0.1, 0.15) is 69.9 Å². The van der Waals surface area contributed by atoms with Gasteiger partial charge in [-0.1, -0.05) is 76.3 Å². The van der Waals surface area contributed by atoms with Crippen molar-refractivity contribution < 1.29 is 0 Å². The van der Waals surface area contributed by atoms with E-state index in [4.69, 9.17) is 0 Å². The highest BCUT2D eigenvalue weighted by atomic mass is 14.7. The maximum atomic E-state index is 4.66. The Bertz CT molecular complexity index is 539. The van der Waals surface area contributed by atoms with Gasteiger partial charge in [-0.05, 0) is 42.9 Å². The van der Waals surface area contributed by atoms with Crippen LogP contribution >= 0.6 is 0 Å². The highest BCUT2D eigenvalue weighted by molar-refractivity contribution is 5.59.